The van der Waals surface area contributed by atoms with E-state index in [1.54, 1.807) is 36.4 Å². The summed E-state index contributed by atoms with van der Waals surface area (Å²) >= 11 is 0. The van der Waals surface area contributed by atoms with Crippen molar-refractivity contribution >= 4 is 35.9 Å². The van der Waals surface area contributed by atoms with Gasteiger partial charge in [-0.25, -0.2) is 19.6 Å². The number of allylic oxidation sites excluding steroid dienone is 4. The van der Waals surface area contributed by atoms with Gasteiger partial charge in [0.25, 0.3) is 0 Å². The summed E-state index contributed by atoms with van der Waals surface area (Å²) < 4.78 is 10.8. The quantitative estimate of drug-likeness (QED) is 0.295. The Hall–Kier alpha value is -5.10. The van der Waals surface area contributed by atoms with Crippen LogP contribution in [-0.2, 0) is 19.1 Å². The number of nitrogens with zero attached hydrogens (tertiary/aromatic N) is 2. The molecule has 6 nitrogen and oxygen atoms in total. The number of benzene rings is 3. The van der Waals surface area contributed by atoms with Crippen LogP contribution in [0.15, 0.2) is 130 Å². The number of carbonyl (C=O) groups excluding carboxylic acids is 2. The molecule has 0 saturated heterocycles. The predicted octanol–water partition coefficient (Wildman–Crippen LogP) is 6.27. The lowest BCUT2D eigenvalue weighted by Gasteiger charge is -2.02. The summed E-state index contributed by atoms with van der Waals surface area (Å²) in [6.07, 6.45) is 7.33. The Morgan fingerprint density at radius 3 is 1.32 bits per heavy atom. The van der Waals surface area contributed by atoms with E-state index in [4.69, 9.17) is 9.47 Å². The Labute approximate surface area is 220 Å². The fourth-order valence-electron chi connectivity index (χ4n) is 3.96. The molecule has 186 valence electrons. The summed E-state index contributed by atoms with van der Waals surface area (Å²) in [7, 11) is 0. The molecule has 6 heteroatoms. The second kappa shape index (κ2) is 10.9. The Morgan fingerprint density at radius 2 is 0.947 bits per heavy atom. The Kier molecular flexibility index (Phi) is 7.04. The number of esters is 2. The normalized spacial score (nSPS) is 17.9. The lowest BCUT2D eigenvalue weighted by atomic mass is 10.1. The van der Waals surface area contributed by atoms with Crippen LogP contribution in [0.5, 0.6) is 0 Å². The molecule has 2 aliphatic heterocycles. The minimum atomic E-state index is -0.507. The van der Waals surface area contributed by atoms with Crippen molar-refractivity contribution in [3.05, 3.63) is 142 Å². The summed E-state index contributed by atoms with van der Waals surface area (Å²) in [5.41, 5.74) is 5.53. The van der Waals surface area contributed by atoms with Crippen molar-refractivity contribution in [2.75, 3.05) is 0 Å². The van der Waals surface area contributed by atoms with Crippen LogP contribution in [0.2, 0.25) is 0 Å². The molecule has 0 radical (unpaired) electrons. The van der Waals surface area contributed by atoms with Crippen LogP contribution in [-0.4, -0.2) is 23.7 Å². The van der Waals surface area contributed by atoms with Crippen molar-refractivity contribution in [3.8, 4) is 0 Å². The van der Waals surface area contributed by atoms with Crippen molar-refractivity contribution in [2.24, 2.45) is 9.98 Å². The largest absolute Gasteiger partial charge is 0.402 e. The molecule has 5 rings (SSSR count). The zero-order chi connectivity index (χ0) is 26.5. The fourth-order valence-corrected chi connectivity index (χ4v) is 3.96. The van der Waals surface area contributed by atoms with Gasteiger partial charge in [0.05, 0.1) is 0 Å². The van der Waals surface area contributed by atoms with Gasteiger partial charge >= 0.3 is 11.9 Å². The van der Waals surface area contributed by atoms with E-state index in [0.29, 0.717) is 11.1 Å². The molecule has 2 heterocycles. The van der Waals surface area contributed by atoms with Crippen LogP contribution in [0.25, 0.3) is 12.2 Å². The monoisotopic (exact) mass is 500 g/mol. The van der Waals surface area contributed by atoms with Crippen LogP contribution in [0.3, 0.4) is 0 Å². The molecule has 3 aromatic carbocycles. The van der Waals surface area contributed by atoms with Gasteiger partial charge in [0.2, 0.25) is 11.8 Å². The van der Waals surface area contributed by atoms with E-state index >= 15 is 0 Å². The van der Waals surface area contributed by atoms with E-state index in [1.807, 2.05) is 86.7 Å². The molecule has 0 fully saturated rings. The maximum Gasteiger partial charge on any atom is 0.363 e. The summed E-state index contributed by atoms with van der Waals surface area (Å²) in [5, 5.41) is 0. The van der Waals surface area contributed by atoms with Crippen molar-refractivity contribution in [1.82, 2.24) is 0 Å². The minimum Gasteiger partial charge on any atom is -0.402 e. The minimum absolute atomic E-state index is 0.216. The van der Waals surface area contributed by atoms with E-state index in [-0.39, 0.29) is 23.2 Å². The molecular weight excluding hydrogens is 476 g/mol. The molecule has 0 bridgehead atoms. The number of ether oxygens (including phenoxy) is 2. The Bertz CT molecular complexity index is 1450. The molecule has 0 aromatic heterocycles. The molecule has 0 aliphatic carbocycles. The zero-order valence-electron chi connectivity index (χ0n) is 20.9. The molecule has 0 atom stereocenters. The van der Waals surface area contributed by atoms with E-state index in [2.05, 4.69) is 9.98 Å². The summed E-state index contributed by atoms with van der Waals surface area (Å²) in [4.78, 5) is 33.5. The first-order valence-corrected chi connectivity index (χ1v) is 12.1. The zero-order valence-corrected chi connectivity index (χ0v) is 20.9. The third-order valence-corrected chi connectivity index (χ3v) is 5.74. The van der Waals surface area contributed by atoms with Crippen molar-refractivity contribution < 1.29 is 19.1 Å². The summed E-state index contributed by atoms with van der Waals surface area (Å²) in [5.74, 6) is -0.582. The molecule has 3 aromatic rings. The van der Waals surface area contributed by atoms with Gasteiger partial charge in [-0.2, -0.15) is 0 Å². The highest BCUT2D eigenvalue weighted by molar-refractivity contribution is 6.13. The molecule has 0 N–H and O–H groups in total. The second-order valence-electron chi connectivity index (χ2n) is 8.85. The molecule has 0 amide bonds. The highest BCUT2D eigenvalue weighted by Gasteiger charge is 2.26. The van der Waals surface area contributed by atoms with Gasteiger partial charge in [-0.3, -0.25) is 0 Å². The third kappa shape index (κ3) is 5.82. The smallest absolute Gasteiger partial charge is 0.363 e. The standard InChI is InChI=1S/C32H24N2O4/c1-21(17-23-9-5-3-6-10-23)19-27-31(35)37-29(33-27)25-13-15-26(16-14-25)30-34-28(32(36)38-30)20-22(2)18-24-11-7-4-8-12-24/h3-20H,1-2H3. The van der Waals surface area contributed by atoms with Crippen LogP contribution >= 0.6 is 0 Å². The fraction of sp³-hybridized carbons (Fsp3) is 0.0625. The van der Waals surface area contributed by atoms with Crippen LogP contribution in [0, 0.1) is 0 Å². The molecule has 0 spiro atoms. The number of rotatable bonds is 6. The van der Waals surface area contributed by atoms with E-state index in [1.165, 1.54) is 0 Å². The maximum atomic E-state index is 12.4. The lowest BCUT2D eigenvalue weighted by molar-refractivity contribution is -0.130. The number of cyclic esters (lactones) is 2. The highest BCUT2D eigenvalue weighted by Crippen LogP contribution is 2.22. The second-order valence-corrected chi connectivity index (χ2v) is 8.85. The maximum absolute atomic E-state index is 12.4. The van der Waals surface area contributed by atoms with Gasteiger partial charge < -0.3 is 9.47 Å². The molecule has 2 aliphatic rings. The van der Waals surface area contributed by atoms with Crippen molar-refractivity contribution in [3.63, 3.8) is 0 Å². The molecule has 0 saturated carbocycles. The Morgan fingerprint density at radius 1 is 0.579 bits per heavy atom. The van der Waals surface area contributed by atoms with E-state index in [9.17, 15) is 9.59 Å². The topological polar surface area (TPSA) is 77.3 Å². The van der Waals surface area contributed by atoms with Gasteiger partial charge in [-0.1, -0.05) is 72.8 Å². The van der Waals surface area contributed by atoms with Crippen molar-refractivity contribution in [2.45, 2.75) is 13.8 Å². The van der Waals surface area contributed by atoms with Crippen LogP contribution < -0.4 is 0 Å². The van der Waals surface area contributed by atoms with Gasteiger partial charge in [0.15, 0.2) is 11.4 Å². The van der Waals surface area contributed by atoms with Gasteiger partial charge in [-0.05, 0) is 72.5 Å². The summed E-state index contributed by atoms with van der Waals surface area (Å²) in [6, 6.07) is 26.6. The van der Waals surface area contributed by atoms with E-state index in [0.717, 1.165) is 22.3 Å². The third-order valence-electron chi connectivity index (χ3n) is 5.74. The van der Waals surface area contributed by atoms with Gasteiger partial charge in [-0.15, -0.1) is 0 Å². The highest BCUT2D eigenvalue weighted by atomic mass is 16.6. The van der Waals surface area contributed by atoms with E-state index < -0.39 is 11.9 Å². The number of hydrogen-bond acceptors (Lipinski definition) is 6. The van der Waals surface area contributed by atoms with Crippen LogP contribution in [0.1, 0.15) is 36.1 Å². The first kappa shape index (κ1) is 24.6. The SMILES string of the molecule is CC(=Cc1ccccc1)C=C1N=C(c2ccc(C3=NC(=CC(C)=Cc4ccccc4)C(=O)O3)cc2)OC1=O. The molecule has 0 unspecified atom stereocenters. The Balaban J connectivity index is 1.32. The van der Waals surface area contributed by atoms with Gasteiger partial charge in [0.1, 0.15) is 0 Å². The first-order valence-electron chi connectivity index (χ1n) is 12.1. The predicted molar refractivity (Wildman–Crippen MR) is 148 cm³/mol. The average molecular weight is 501 g/mol. The number of carbonyl (C=O) groups is 2. The van der Waals surface area contributed by atoms with Crippen LogP contribution in [0.4, 0.5) is 0 Å². The first-order chi connectivity index (χ1) is 18.4. The number of hydrogen-bond donors (Lipinski definition) is 0. The summed E-state index contributed by atoms with van der Waals surface area (Å²) in [6.45, 7) is 3.81. The lowest BCUT2D eigenvalue weighted by Crippen LogP contribution is -2.08. The number of aliphatic imine (C=N–C) groups is 2. The average Bonchev–Trinajstić information content (AvgIpc) is 3.47. The van der Waals surface area contributed by atoms with Gasteiger partial charge in [0, 0.05) is 11.1 Å². The van der Waals surface area contributed by atoms with Crippen molar-refractivity contribution in [1.29, 1.82) is 0 Å². The molecule has 38 heavy (non-hydrogen) atoms. The molecular formula is C32H24N2O4.